The van der Waals surface area contributed by atoms with Crippen LogP contribution in [0.15, 0.2) is 73.4 Å². The molecule has 33 heavy (non-hydrogen) atoms. The van der Waals surface area contributed by atoms with E-state index >= 15 is 0 Å². The van der Waals surface area contributed by atoms with Crippen molar-refractivity contribution < 1.29 is 10.2 Å². The minimum absolute atomic E-state index is 0.300. The van der Waals surface area contributed by atoms with E-state index in [2.05, 4.69) is 85.6 Å². The molecule has 0 heterocycles. The summed E-state index contributed by atoms with van der Waals surface area (Å²) in [5.74, 6) is 2.32. The Morgan fingerprint density at radius 2 is 1.33 bits per heavy atom. The van der Waals surface area contributed by atoms with Gasteiger partial charge >= 0.3 is 0 Å². The Hall–Kier alpha value is -1.64. The molecule has 1 aliphatic rings. The van der Waals surface area contributed by atoms with Gasteiger partial charge in [-0.25, -0.2) is 0 Å². The van der Waals surface area contributed by atoms with Crippen molar-refractivity contribution in [2.75, 3.05) is 14.2 Å². The van der Waals surface area contributed by atoms with Gasteiger partial charge in [0.25, 0.3) is 0 Å². The molecule has 0 aliphatic heterocycles. The Balaban J connectivity index is -0.000000185. The molecule has 2 heteroatoms. The Morgan fingerprint density at radius 1 is 0.879 bits per heavy atom. The van der Waals surface area contributed by atoms with Gasteiger partial charge in [0.2, 0.25) is 0 Å². The zero-order chi connectivity index (χ0) is 27.5. The maximum Gasteiger partial charge on any atom is 0.0319 e. The Bertz CT molecular complexity index is 517. The van der Waals surface area contributed by atoms with Crippen molar-refractivity contribution in [3.63, 3.8) is 0 Å². The standard InChI is InChI=1S/C21H34.C4H6.2C2H6.2CH4O/c1-8-11-12-18(10-3)21(7)14-13-19(16(4)5)20(15-21)17(6)9-2;1-3-4-2;4*1-2/h8-12,16,19-20H,1,13-15H2,2-7H3;3-4H,1-2H2;2*1-2H3;2*2H,1H3/b12-11-,17-9+,18-10+;;;;;. The summed E-state index contributed by atoms with van der Waals surface area (Å²) in [6, 6.07) is 0. The van der Waals surface area contributed by atoms with Gasteiger partial charge in [-0.2, -0.15) is 0 Å². The van der Waals surface area contributed by atoms with E-state index in [1.165, 1.54) is 24.8 Å². The van der Waals surface area contributed by atoms with E-state index in [0.717, 1.165) is 32.0 Å². The lowest BCUT2D eigenvalue weighted by Gasteiger charge is -2.46. The summed E-state index contributed by atoms with van der Waals surface area (Å²) in [7, 11) is 2.00. The van der Waals surface area contributed by atoms with Crippen LogP contribution in [0.3, 0.4) is 0 Å². The van der Waals surface area contributed by atoms with Gasteiger partial charge in [-0.1, -0.05) is 116 Å². The minimum Gasteiger partial charge on any atom is -0.400 e. The van der Waals surface area contributed by atoms with Crippen LogP contribution in [-0.4, -0.2) is 24.4 Å². The summed E-state index contributed by atoms with van der Waals surface area (Å²) in [5, 5.41) is 14.0. The van der Waals surface area contributed by atoms with Crippen LogP contribution in [0, 0.1) is 23.2 Å². The maximum absolute atomic E-state index is 7.00. The van der Waals surface area contributed by atoms with Crippen LogP contribution in [0.4, 0.5) is 0 Å². The third-order valence-electron chi connectivity index (χ3n) is 5.70. The molecular formula is C31H60O2. The zero-order valence-corrected chi connectivity index (χ0v) is 24.4. The van der Waals surface area contributed by atoms with Gasteiger partial charge in [-0.05, 0) is 68.8 Å². The molecule has 0 radical (unpaired) electrons. The highest BCUT2D eigenvalue weighted by Gasteiger charge is 2.40. The fourth-order valence-corrected chi connectivity index (χ4v) is 4.02. The molecule has 1 fully saturated rings. The molecule has 3 unspecified atom stereocenters. The van der Waals surface area contributed by atoms with Crippen molar-refractivity contribution in [2.24, 2.45) is 23.2 Å². The molecule has 0 bridgehead atoms. The van der Waals surface area contributed by atoms with Crippen molar-refractivity contribution in [2.45, 2.75) is 88.5 Å². The lowest BCUT2D eigenvalue weighted by molar-refractivity contribution is 0.123. The second-order valence-electron chi connectivity index (χ2n) is 7.66. The first-order valence-electron chi connectivity index (χ1n) is 12.5. The molecule has 0 spiro atoms. The van der Waals surface area contributed by atoms with E-state index in [0.29, 0.717) is 5.41 Å². The maximum atomic E-state index is 7.00. The number of aliphatic hydroxyl groups is 2. The van der Waals surface area contributed by atoms with Crippen LogP contribution < -0.4 is 0 Å². The van der Waals surface area contributed by atoms with E-state index in [9.17, 15) is 0 Å². The van der Waals surface area contributed by atoms with Crippen molar-refractivity contribution in [1.82, 2.24) is 0 Å². The molecule has 0 aromatic carbocycles. The summed E-state index contributed by atoms with van der Waals surface area (Å²) >= 11 is 0. The zero-order valence-electron chi connectivity index (χ0n) is 24.4. The molecule has 0 saturated heterocycles. The molecule has 196 valence electrons. The van der Waals surface area contributed by atoms with Gasteiger partial charge in [0, 0.05) is 14.2 Å². The second-order valence-corrected chi connectivity index (χ2v) is 7.66. The van der Waals surface area contributed by atoms with E-state index in [1.54, 1.807) is 17.7 Å². The van der Waals surface area contributed by atoms with Crippen molar-refractivity contribution in [1.29, 1.82) is 0 Å². The topological polar surface area (TPSA) is 40.5 Å². The normalized spacial score (nSPS) is 21.7. The van der Waals surface area contributed by atoms with E-state index < -0.39 is 0 Å². The highest BCUT2D eigenvalue weighted by atomic mass is 16.2. The molecule has 3 atom stereocenters. The van der Waals surface area contributed by atoms with Crippen LogP contribution in [0.5, 0.6) is 0 Å². The Morgan fingerprint density at radius 3 is 1.64 bits per heavy atom. The van der Waals surface area contributed by atoms with Crippen molar-refractivity contribution >= 4 is 0 Å². The molecule has 0 aromatic rings. The van der Waals surface area contributed by atoms with Gasteiger partial charge in [0.15, 0.2) is 0 Å². The highest BCUT2D eigenvalue weighted by molar-refractivity contribution is 5.29. The SMILES string of the molecule is C=C/C=C\C(=C/C)C1(C)CCC(C(C)C)C(/C(C)=C/C)C1.C=CC=C.CC.CC.CO.CO. The smallest absolute Gasteiger partial charge is 0.0319 e. The van der Waals surface area contributed by atoms with Crippen molar-refractivity contribution in [3.05, 3.63) is 73.4 Å². The molecule has 2 N–H and O–H groups in total. The van der Waals surface area contributed by atoms with Crippen LogP contribution in [0.1, 0.15) is 88.5 Å². The van der Waals surface area contributed by atoms with Crippen LogP contribution >= 0.6 is 0 Å². The van der Waals surface area contributed by atoms with Crippen LogP contribution in [-0.2, 0) is 0 Å². The van der Waals surface area contributed by atoms with Gasteiger partial charge in [0.05, 0.1) is 0 Å². The minimum atomic E-state index is 0.300. The Kier molecular flexibility index (Phi) is 38.3. The third kappa shape index (κ3) is 18.5. The average molecular weight is 465 g/mol. The Labute approximate surface area is 209 Å². The average Bonchev–Trinajstić information content (AvgIpc) is 2.88. The number of hydrogen-bond acceptors (Lipinski definition) is 2. The van der Waals surface area contributed by atoms with E-state index in [4.69, 9.17) is 10.2 Å². The predicted octanol–water partition coefficient (Wildman–Crippen LogP) is 9.35. The molecular weight excluding hydrogens is 404 g/mol. The third-order valence-corrected chi connectivity index (χ3v) is 5.70. The predicted molar refractivity (Wildman–Crippen MR) is 156 cm³/mol. The lowest BCUT2D eigenvalue weighted by atomic mass is 9.59. The second kappa shape index (κ2) is 30.4. The van der Waals surface area contributed by atoms with E-state index in [1.807, 2.05) is 33.8 Å². The molecule has 1 saturated carbocycles. The summed E-state index contributed by atoms with van der Waals surface area (Å²) in [5.41, 5.74) is 3.34. The molecule has 0 amide bonds. The number of hydrogen-bond donors (Lipinski definition) is 2. The monoisotopic (exact) mass is 464 g/mol. The molecule has 2 nitrogen and oxygen atoms in total. The summed E-state index contributed by atoms with van der Waals surface area (Å²) in [6.45, 7) is 32.4. The summed E-state index contributed by atoms with van der Waals surface area (Å²) < 4.78 is 0. The first kappa shape index (κ1) is 41.6. The summed E-state index contributed by atoms with van der Waals surface area (Å²) in [6.07, 6.45) is 18.0. The largest absolute Gasteiger partial charge is 0.400 e. The molecule has 0 aromatic heterocycles. The first-order valence-corrected chi connectivity index (χ1v) is 12.5. The van der Waals surface area contributed by atoms with Crippen LogP contribution in [0.25, 0.3) is 0 Å². The van der Waals surface area contributed by atoms with Crippen molar-refractivity contribution in [3.8, 4) is 0 Å². The van der Waals surface area contributed by atoms with Gasteiger partial charge in [-0.3, -0.25) is 0 Å². The number of rotatable bonds is 6. The first-order chi connectivity index (χ1) is 15.8. The summed E-state index contributed by atoms with van der Waals surface area (Å²) in [4.78, 5) is 0. The van der Waals surface area contributed by atoms with E-state index in [-0.39, 0.29) is 0 Å². The fourth-order valence-electron chi connectivity index (χ4n) is 4.02. The number of aliphatic hydroxyl groups excluding tert-OH is 2. The molecule has 1 rings (SSSR count). The fraction of sp³-hybridized carbons (Fsp3) is 0.613. The van der Waals surface area contributed by atoms with Gasteiger partial charge in [0.1, 0.15) is 0 Å². The lowest BCUT2D eigenvalue weighted by Crippen LogP contribution is -2.35. The number of allylic oxidation sites excluding steroid dienone is 9. The quantitative estimate of drug-likeness (QED) is 0.303. The van der Waals surface area contributed by atoms with Crippen LogP contribution in [0.2, 0.25) is 0 Å². The van der Waals surface area contributed by atoms with Gasteiger partial charge in [-0.15, -0.1) is 0 Å². The van der Waals surface area contributed by atoms with Gasteiger partial charge < -0.3 is 10.2 Å². The highest BCUT2D eigenvalue weighted by Crippen LogP contribution is 2.51. The molecule has 1 aliphatic carbocycles.